The fourth-order valence-electron chi connectivity index (χ4n) is 1.62. The molecule has 0 radical (unpaired) electrons. The molecular formula is C13H14BrN3. The van der Waals surface area contributed by atoms with Crippen molar-refractivity contribution < 1.29 is 0 Å². The van der Waals surface area contributed by atoms with Crippen molar-refractivity contribution in [1.29, 1.82) is 0 Å². The fourth-order valence-corrected chi connectivity index (χ4v) is 1.84. The van der Waals surface area contributed by atoms with E-state index in [9.17, 15) is 0 Å². The number of aromatic nitrogens is 2. The van der Waals surface area contributed by atoms with Crippen LogP contribution in [-0.4, -0.2) is 9.97 Å². The lowest BCUT2D eigenvalue weighted by molar-refractivity contribution is 0.878. The van der Waals surface area contributed by atoms with Crippen LogP contribution < -0.4 is 5.32 Å². The van der Waals surface area contributed by atoms with Crippen molar-refractivity contribution in [1.82, 2.24) is 9.97 Å². The molecule has 1 N–H and O–H groups in total. The van der Waals surface area contributed by atoms with Gasteiger partial charge in [0.2, 0.25) is 0 Å². The third-order valence-electron chi connectivity index (χ3n) is 2.60. The maximum Gasteiger partial charge on any atom is 0.109 e. The summed E-state index contributed by atoms with van der Waals surface area (Å²) >= 11 is 3.39. The van der Waals surface area contributed by atoms with Crippen LogP contribution in [0.25, 0.3) is 0 Å². The van der Waals surface area contributed by atoms with Crippen molar-refractivity contribution in [3.63, 3.8) is 0 Å². The first kappa shape index (κ1) is 12.0. The Labute approximate surface area is 109 Å². The zero-order valence-electron chi connectivity index (χ0n) is 9.81. The summed E-state index contributed by atoms with van der Waals surface area (Å²) < 4.78 is 0.889. The second-order valence-corrected chi connectivity index (χ2v) is 4.73. The SMILES string of the molecule is Cc1cc(NC(C)c2ccncc2)cnc1Br. The summed E-state index contributed by atoms with van der Waals surface area (Å²) in [7, 11) is 0. The van der Waals surface area contributed by atoms with Crippen LogP contribution in [0.2, 0.25) is 0 Å². The van der Waals surface area contributed by atoms with Gasteiger partial charge in [0, 0.05) is 18.4 Å². The van der Waals surface area contributed by atoms with Gasteiger partial charge in [0.25, 0.3) is 0 Å². The van der Waals surface area contributed by atoms with Crippen molar-refractivity contribution in [2.24, 2.45) is 0 Å². The smallest absolute Gasteiger partial charge is 0.109 e. The average Bonchev–Trinajstić information content (AvgIpc) is 2.35. The molecule has 1 atom stereocenters. The highest BCUT2D eigenvalue weighted by Gasteiger charge is 2.05. The number of halogens is 1. The number of hydrogen-bond acceptors (Lipinski definition) is 3. The summed E-state index contributed by atoms with van der Waals surface area (Å²) in [6.07, 6.45) is 5.44. The molecule has 0 saturated heterocycles. The highest BCUT2D eigenvalue weighted by Crippen LogP contribution is 2.21. The van der Waals surface area contributed by atoms with Crippen LogP contribution in [0, 0.1) is 6.92 Å². The van der Waals surface area contributed by atoms with E-state index in [1.807, 2.05) is 25.3 Å². The van der Waals surface area contributed by atoms with E-state index in [0.29, 0.717) is 0 Å². The molecule has 88 valence electrons. The summed E-state index contributed by atoms with van der Waals surface area (Å²) in [5, 5.41) is 3.42. The van der Waals surface area contributed by atoms with Crippen molar-refractivity contribution in [2.45, 2.75) is 19.9 Å². The molecule has 3 nitrogen and oxygen atoms in total. The molecule has 1 unspecified atom stereocenters. The van der Waals surface area contributed by atoms with E-state index in [1.54, 1.807) is 12.4 Å². The Morgan fingerprint density at radius 1 is 1.29 bits per heavy atom. The minimum Gasteiger partial charge on any atom is -0.377 e. The van der Waals surface area contributed by atoms with E-state index in [1.165, 1.54) is 5.56 Å². The summed E-state index contributed by atoms with van der Waals surface area (Å²) in [5.74, 6) is 0. The number of nitrogens with one attached hydrogen (secondary N) is 1. The van der Waals surface area contributed by atoms with Gasteiger partial charge in [-0.25, -0.2) is 4.98 Å². The zero-order chi connectivity index (χ0) is 12.3. The average molecular weight is 292 g/mol. The first-order chi connectivity index (χ1) is 8.16. The lowest BCUT2D eigenvalue weighted by Gasteiger charge is -2.15. The number of rotatable bonds is 3. The Bertz CT molecular complexity index is 499. The van der Waals surface area contributed by atoms with Crippen LogP contribution in [0.5, 0.6) is 0 Å². The van der Waals surface area contributed by atoms with Crippen LogP contribution in [0.15, 0.2) is 41.4 Å². The molecule has 2 aromatic heterocycles. The Kier molecular flexibility index (Phi) is 3.74. The molecule has 0 aliphatic rings. The number of aryl methyl sites for hydroxylation is 1. The van der Waals surface area contributed by atoms with Gasteiger partial charge in [-0.15, -0.1) is 0 Å². The molecule has 0 spiro atoms. The van der Waals surface area contributed by atoms with Crippen molar-refractivity contribution >= 4 is 21.6 Å². The highest BCUT2D eigenvalue weighted by molar-refractivity contribution is 9.10. The van der Waals surface area contributed by atoms with Crippen molar-refractivity contribution in [3.8, 4) is 0 Å². The first-order valence-electron chi connectivity index (χ1n) is 5.45. The monoisotopic (exact) mass is 291 g/mol. The lowest BCUT2D eigenvalue weighted by Crippen LogP contribution is -2.07. The Morgan fingerprint density at radius 3 is 2.65 bits per heavy atom. The molecule has 0 aromatic carbocycles. The molecule has 4 heteroatoms. The number of hydrogen-bond donors (Lipinski definition) is 1. The van der Waals surface area contributed by atoms with E-state index in [0.717, 1.165) is 15.9 Å². The molecule has 2 rings (SSSR count). The minimum absolute atomic E-state index is 0.236. The largest absolute Gasteiger partial charge is 0.377 e. The molecule has 0 aliphatic carbocycles. The Balaban J connectivity index is 2.13. The number of anilines is 1. The molecule has 17 heavy (non-hydrogen) atoms. The van der Waals surface area contributed by atoms with Gasteiger partial charge in [0.1, 0.15) is 4.60 Å². The van der Waals surface area contributed by atoms with Gasteiger partial charge >= 0.3 is 0 Å². The van der Waals surface area contributed by atoms with Gasteiger partial charge < -0.3 is 5.32 Å². The normalized spacial score (nSPS) is 12.2. The maximum absolute atomic E-state index is 4.27. The van der Waals surface area contributed by atoms with Gasteiger partial charge in [-0.1, -0.05) is 0 Å². The molecule has 0 bridgehead atoms. The van der Waals surface area contributed by atoms with E-state index in [4.69, 9.17) is 0 Å². The standard InChI is InChI=1S/C13H14BrN3/c1-9-7-12(8-16-13(9)14)17-10(2)11-3-5-15-6-4-11/h3-8,10,17H,1-2H3. The van der Waals surface area contributed by atoms with Gasteiger partial charge in [-0.3, -0.25) is 4.98 Å². The summed E-state index contributed by atoms with van der Waals surface area (Å²) in [6, 6.07) is 6.34. The van der Waals surface area contributed by atoms with Gasteiger partial charge in [-0.2, -0.15) is 0 Å². The second-order valence-electron chi connectivity index (χ2n) is 3.98. The van der Waals surface area contributed by atoms with E-state index >= 15 is 0 Å². The third-order valence-corrected chi connectivity index (χ3v) is 3.43. The van der Waals surface area contributed by atoms with Crippen LogP contribution in [0.3, 0.4) is 0 Å². The molecule has 0 fully saturated rings. The molecule has 0 amide bonds. The van der Waals surface area contributed by atoms with E-state index < -0.39 is 0 Å². The maximum atomic E-state index is 4.27. The lowest BCUT2D eigenvalue weighted by atomic mass is 10.1. The van der Waals surface area contributed by atoms with Gasteiger partial charge in [0.05, 0.1) is 11.9 Å². The number of nitrogens with zero attached hydrogens (tertiary/aromatic N) is 2. The molecule has 2 aromatic rings. The van der Waals surface area contributed by atoms with Crippen molar-refractivity contribution in [3.05, 3.63) is 52.5 Å². The van der Waals surface area contributed by atoms with Crippen LogP contribution in [0.4, 0.5) is 5.69 Å². The van der Waals surface area contributed by atoms with E-state index in [2.05, 4.69) is 44.2 Å². The van der Waals surface area contributed by atoms with Crippen molar-refractivity contribution in [2.75, 3.05) is 5.32 Å². The van der Waals surface area contributed by atoms with Gasteiger partial charge in [-0.05, 0) is 59.1 Å². The summed E-state index contributed by atoms with van der Waals surface area (Å²) in [6.45, 7) is 4.14. The predicted octanol–water partition coefficient (Wildman–Crippen LogP) is 3.72. The second kappa shape index (κ2) is 5.27. The van der Waals surface area contributed by atoms with Crippen LogP contribution in [-0.2, 0) is 0 Å². The summed E-state index contributed by atoms with van der Waals surface area (Å²) in [5.41, 5.74) is 3.35. The third kappa shape index (κ3) is 3.03. The quantitative estimate of drug-likeness (QED) is 0.876. The highest BCUT2D eigenvalue weighted by atomic mass is 79.9. The summed E-state index contributed by atoms with van der Waals surface area (Å²) in [4.78, 5) is 8.28. The Hall–Kier alpha value is -1.42. The predicted molar refractivity (Wildman–Crippen MR) is 72.9 cm³/mol. The minimum atomic E-state index is 0.236. The van der Waals surface area contributed by atoms with Crippen LogP contribution >= 0.6 is 15.9 Å². The zero-order valence-corrected chi connectivity index (χ0v) is 11.4. The molecule has 2 heterocycles. The molecular weight excluding hydrogens is 278 g/mol. The molecule has 0 aliphatic heterocycles. The number of pyridine rings is 2. The fraction of sp³-hybridized carbons (Fsp3) is 0.231. The van der Waals surface area contributed by atoms with Crippen LogP contribution in [0.1, 0.15) is 24.1 Å². The van der Waals surface area contributed by atoms with Gasteiger partial charge in [0.15, 0.2) is 0 Å². The topological polar surface area (TPSA) is 37.8 Å². The first-order valence-corrected chi connectivity index (χ1v) is 6.24. The molecule has 0 saturated carbocycles. The Morgan fingerprint density at radius 2 is 2.00 bits per heavy atom. The van der Waals surface area contributed by atoms with E-state index in [-0.39, 0.29) is 6.04 Å².